The van der Waals surface area contributed by atoms with E-state index >= 15 is 0 Å². The van der Waals surface area contributed by atoms with Gasteiger partial charge in [-0.2, -0.15) is 4.98 Å². The minimum atomic E-state index is -0.515. The van der Waals surface area contributed by atoms with Crippen molar-refractivity contribution >= 4 is 23.5 Å². The normalized spacial score (nSPS) is 9.50. The summed E-state index contributed by atoms with van der Waals surface area (Å²) in [6.45, 7) is 4.99. The maximum absolute atomic E-state index is 10.9. The fourth-order valence-electron chi connectivity index (χ4n) is 0.576. The second-order valence-corrected chi connectivity index (χ2v) is 2.61. The van der Waals surface area contributed by atoms with Gasteiger partial charge in [-0.1, -0.05) is 18.2 Å². The molecule has 0 radical (unpaired) electrons. The zero-order chi connectivity index (χ0) is 9.14. The van der Waals surface area contributed by atoms with Gasteiger partial charge in [-0.05, 0) is 6.92 Å². The van der Waals surface area contributed by atoms with Crippen molar-refractivity contribution < 1.29 is 9.21 Å². The first-order chi connectivity index (χ1) is 5.59. The number of carbonyl (C=O) groups is 1. The second kappa shape index (κ2) is 3.40. The third kappa shape index (κ3) is 2.10. The molecular formula is C7H7ClN2O2. The van der Waals surface area contributed by atoms with Crippen LogP contribution in [0.25, 0.3) is 0 Å². The minimum Gasteiger partial charge on any atom is -0.432 e. The van der Waals surface area contributed by atoms with Crippen molar-refractivity contribution in [2.75, 3.05) is 5.32 Å². The predicted octanol–water partition coefficient (Wildman–Crippen LogP) is 1.67. The summed E-state index contributed by atoms with van der Waals surface area (Å²) in [5.41, 5.74) is 0.686. The predicted molar refractivity (Wildman–Crippen MR) is 44.9 cm³/mol. The van der Waals surface area contributed by atoms with Crippen molar-refractivity contribution in [3.05, 3.63) is 23.6 Å². The summed E-state index contributed by atoms with van der Waals surface area (Å²) in [4.78, 5) is 14.7. The number of hydrogen-bond donors (Lipinski definition) is 1. The summed E-state index contributed by atoms with van der Waals surface area (Å²) in [5, 5.41) is 2.21. The van der Waals surface area contributed by atoms with E-state index in [0.29, 0.717) is 5.69 Å². The lowest BCUT2D eigenvalue weighted by molar-refractivity contribution is -0.112. The molecule has 0 bridgehead atoms. The van der Waals surface area contributed by atoms with E-state index in [1.807, 2.05) is 0 Å². The van der Waals surface area contributed by atoms with Crippen molar-refractivity contribution in [2.24, 2.45) is 0 Å². The van der Waals surface area contributed by atoms with Crippen LogP contribution >= 0.6 is 11.6 Å². The Morgan fingerprint density at radius 1 is 1.83 bits per heavy atom. The summed E-state index contributed by atoms with van der Waals surface area (Å²) < 4.78 is 4.84. The number of carbonyl (C=O) groups excluding carboxylic acids is 1. The summed E-state index contributed by atoms with van der Waals surface area (Å²) in [5.74, 6) is -0.515. The summed E-state index contributed by atoms with van der Waals surface area (Å²) in [6, 6.07) is 0.124. The molecule has 0 fully saturated rings. The topological polar surface area (TPSA) is 55.1 Å². The Bertz CT molecular complexity index is 319. The van der Waals surface area contributed by atoms with E-state index in [1.54, 1.807) is 6.92 Å². The van der Waals surface area contributed by atoms with E-state index in [9.17, 15) is 4.79 Å². The third-order valence-electron chi connectivity index (χ3n) is 1.09. The van der Waals surface area contributed by atoms with Crippen LogP contribution in [0, 0.1) is 6.92 Å². The molecule has 4 nitrogen and oxygen atoms in total. The molecule has 1 rings (SSSR count). The van der Waals surface area contributed by atoms with Crippen LogP contribution in [0.1, 0.15) is 5.69 Å². The molecule has 1 heterocycles. The zero-order valence-corrected chi connectivity index (χ0v) is 7.18. The van der Waals surface area contributed by atoms with Crippen LogP contribution in [-0.2, 0) is 4.79 Å². The first-order valence-corrected chi connectivity index (χ1v) is 3.55. The SMILES string of the molecule is C=C(Cl)C(=O)Nc1nc(C)co1. The first-order valence-electron chi connectivity index (χ1n) is 3.17. The Labute approximate surface area is 74.2 Å². The number of amides is 1. The highest BCUT2D eigenvalue weighted by atomic mass is 35.5. The Balaban J connectivity index is 2.64. The number of nitrogens with one attached hydrogen (secondary N) is 1. The number of aryl methyl sites for hydroxylation is 1. The maximum Gasteiger partial charge on any atom is 0.301 e. The Kier molecular flexibility index (Phi) is 2.50. The molecule has 64 valence electrons. The molecule has 12 heavy (non-hydrogen) atoms. The molecule has 1 amide bonds. The molecular weight excluding hydrogens is 180 g/mol. The smallest absolute Gasteiger partial charge is 0.301 e. The van der Waals surface area contributed by atoms with Gasteiger partial charge in [0.1, 0.15) is 6.26 Å². The van der Waals surface area contributed by atoms with Gasteiger partial charge < -0.3 is 4.42 Å². The summed E-state index contributed by atoms with van der Waals surface area (Å²) in [7, 11) is 0. The van der Waals surface area contributed by atoms with Crippen molar-refractivity contribution in [1.29, 1.82) is 0 Å². The number of hydrogen-bond acceptors (Lipinski definition) is 3. The van der Waals surface area contributed by atoms with Crippen LogP contribution in [0.15, 0.2) is 22.3 Å². The van der Waals surface area contributed by atoms with Crippen LogP contribution in [0.2, 0.25) is 0 Å². The average Bonchev–Trinajstić information content (AvgIpc) is 2.35. The molecule has 0 aliphatic carbocycles. The van der Waals surface area contributed by atoms with Gasteiger partial charge >= 0.3 is 6.01 Å². The quantitative estimate of drug-likeness (QED) is 0.715. The highest BCUT2D eigenvalue weighted by molar-refractivity contribution is 6.43. The molecule has 1 aromatic rings. The standard InChI is InChI=1S/C7H7ClN2O2/c1-4-3-12-7(9-4)10-6(11)5(2)8/h3H,2H2,1H3,(H,9,10,11). The van der Waals surface area contributed by atoms with Gasteiger partial charge in [0.25, 0.3) is 5.91 Å². The van der Waals surface area contributed by atoms with Gasteiger partial charge in [0.05, 0.1) is 10.7 Å². The third-order valence-corrected chi connectivity index (χ3v) is 1.26. The van der Waals surface area contributed by atoms with Gasteiger partial charge in [-0.15, -0.1) is 0 Å². The molecule has 0 saturated heterocycles. The van der Waals surface area contributed by atoms with Crippen LogP contribution in [0.5, 0.6) is 0 Å². The number of halogens is 1. The van der Waals surface area contributed by atoms with E-state index in [4.69, 9.17) is 16.0 Å². The highest BCUT2D eigenvalue weighted by Crippen LogP contribution is 2.08. The van der Waals surface area contributed by atoms with Crippen LogP contribution in [-0.4, -0.2) is 10.9 Å². The molecule has 0 spiro atoms. The highest BCUT2D eigenvalue weighted by Gasteiger charge is 2.07. The Hall–Kier alpha value is -1.29. The molecule has 0 unspecified atom stereocenters. The lowest BCUT2D eigenvalue weighted by Crippen LogP contribution is -2.10. The second-order valence-electron chi connectivity index (χ2n) is 2.15. The summed E-state index contributed by atoms with van der Waals surface area (Å²) in [6.07, 6.45) is 1.42. The van der Waals surface area contributed by atoms with E-state index in [-0.39, 0.29) is 11.0 Å². The number of aromatic nitrogens is 1. The minimum absolute atomic E-state index is 0.106. The van der Waals surface area contributed by atoms with E-state index in [1.165, 1.54) is 6.26 Å². The van der Waals surface area contributed by atoms with Crippen LogP contribution < -0.4 is 5.32 Å². The van der Waals surface area contributed by atoms with Crippen LogP contribution in [0.4, 0.5) is 6.01 Å². The van der Waals surface area contributed by atoms with Gasteiger partial charge in [0, 0.05) is 0 Å². The molecule has 1 aromatic heterocycles. The molecule has 5 heteroatoms. The number of oxazole rings is 1. The number of rotatable bonds is 2. The van der Waals surface area contributed by atoms with Crippen molar-refractivity contribution in [3.63, 3.8) is 0 Å². The van der Waals surface area contributed by atoms with Crippen LogP contribution in [0.3, 0.4) is 0 Å². The van der Waals surface area contributed by atoms with Crippen molar-refractivity contribution in [2.45, 2.75) is 6.92 Å². The molecule has 0 aliphatic rings. The largest absolute Gasteiger partial charge is 0.432 e. The van der Waals surface area contributed by atoms with Gasteiger partial charge in [-0.25, -0.2) is 0 Å². The average molecular weight is 187 g/mol. The monoisotopic (exact) mass is 186 g/mol. The van der Waals surface area contributed by atoms with E-state index in [0.717, 1.165) is 0 Å². The van der Waals surface area contributed by atoms with E-state index in [2.05, 4.69) is 16.9 Å². The Morgan fingerprint density at radius 3 is 2.92 bits per heavy atom. The maximum atomic E-state index is 10.9. The Morgan fingerprint density at radius 2 is 2.50 bits per heavy atom. The molecule has 0 saturated carbocycles. The lowest BCUT2D eigenvalue weighted by atomic mass is 10.6. The number of anilines is 1. The van der Waals surface area contributed by atoms with Gasteiger partial charge in [0.2, 0.25) is 0 Å². The fraction of sp³-hybridized carbons (Fsp3) is 0.143. The van der Waals surface area contributed by atoms with Crippen molar-refractivity contribution in [1.82, 2.24) is 4.98 Å². The molecule has 1 N–H and O–H groups in total. The van der Waals surface area contributed by atoms with E-state index < -0.39 is 5.91 Å². The lowest BCUT2D eigenvalue weighted by Gasteiger charge is -1.95. The zero-order valence-electron chi connectivity index (χ0n) is 6.43. The molecule has 0 aromatic carbocycles. The molecule has 0 atom stereocenters. The van der Waals surface area contributed by atoms with Gasteiger partial charge in [-0.3, -0.25) is 10.1 Å². The van der Waals surface area contributed by atoms with Gasteiger partial charge in [0.15, 0.2) is 0 Å². The number of nitrogens with zero attached hydrogens (tertiary/aromatic N) is 1. The first kappa shape index (κ1) is 8.80. The molecule has 0 aliphatic heterocycles. The summed E-state index contributed by atoms with van der Waals surface area (Å²) >= 11 is 5.31. The van der Waals surface area contributed by atoms with Crippen molar-refractivity contribution in [3.8, 4) is 0 Å². The fourth-order valence-corrected chi connectivity index (χ4v) is 0.624.